The minimum Gasteiger partial charge on any atom is -0.370 e. The molecule has 0 fully saturated rings. The third-order valence-electron chi connectivity index (χ3n) is 2.94. The number of amides is 1. The zero-order chi connectivity index (χ0) is 15.1. The Morgan fingerprint density at radius 1 is 1.33 bits per heavy atom. The van der Waals surface area contributed by atoms with E-state index in [1.165, 1.54) is 11.3 Å². The van der Waals surface area contributed by atoms with E-state index in [9.17, 15) is 4.79 Å². The SMILES string of the molecule is CCCNc1cc(C(=O)NCc2nccs2)cc(CC)n1. The molecule has 0 aromatic carbocycles. The van der Waals surface area contributed by atoms with Crippen molar-refractivity contribution in [2.75, 3.05) is 11.9 Å². The van der Waals surface area contributed by atoms with Gasteiger partial charge in [-0.05, 0) is 25.0 Å². The Hall–Kier alpha value is -1.95. The number of carbonyl (C=O) groups is 1. The van der Waals surface area contributed by atoms with E-state index in [2.05, 4.69) is 27.5 Å². The minimum absolute atomic E-state index is 0.0955. The average molecular weight is 304 g/mol. The van der Waals surface area contributed by atoms with Crippen LogP contribution in [0.2, 0.25) is 0 Å². The van der Waals surface area contributed by atoms with Crippen LogP contribution in [0.3, 0.4) is 0 Å². The number of carbonyl (C=O) groups excluding carboxylic acids is 1. The lowest BCUT2D eigenvalue weighted by molar-refractivity contribution is 0.0950. The molecule has 0 spiro atoms. The van der Waals surface area contributed by atoms with Crippen molar-refractivity contribution in [2.45, 2.75) is 33.2 Å². The van der Waals surface area contributed by atoms with Crippen molar-refractivity contribution in [3.8, 4) is 0 Å². The molecule has 0 bridgehead atoms. The van der Waals surface area contributed by atoms with Gasteiger partial charge in [-0.2, -0.15) is 0 Å². The number of thiazole rings is 1. The molecular weight excluding hydrogens is 284 g/mol. The molecule has 0 aliphatic heterocycles. The molecule has 0 saturated heterocycles. The standard InChI is InChI=1S/C15H20N4OS/c1-3-5-16-13-9-11(8-12(4-2)19-13)15(20)18-10-14-17-6-7-21-14/h6-9H,3-5,10H2,1-2H3,(H,16,19)(H,18,20). The van der Waals surface area contributed by atoms with E-state index in [0.29, 0.717) is 12.1 Å². The molecule has 0 aliphatic rings. The van der Waals surface area contributed by atoms with E-state index in [-0.39, 0.29) is 5.91 Å². The van der Waals surface area contributed by atoms with Crippen LogP contribution in [0.15, 0.2) is 23.7 Å². The molecule has 6 heteroatoms. The number of aromatic nitrogens is 2. The lowest BCUT2D eigenvalue weighted by Crippen LogP contribution is -2.23. The summed E-state index contributed by atoms with van der Waals surface area (Å²) in [6.45, 7) is 5.43. The highest BCUT2D eigenvalue weighted by atomic mass is 32.1. The molecule has 2 rings (SSSR count). The number of hydrogen-bond donors (Lipinski definition) is 2. The number of rotatable bonds is 7. The Bertz CT molecular complexity index is 583. The Balaban J connectivity index is 2.07. The van der Waals surface area contributed by atoms with Crippen molar-refractivity contribution in [1.29, 1.82) is 0 Å². The molecule has 2 aromatic rings. The number of hydrogen-bond acceptors (Lipinski definition) is 5. The summed E-state index contributed by atoms with van der Waals surface area (Å²) in [6, 6.07) is 3.64. The molecule has 0 saturated carbocycles. The number of anilines is 1. The number of aryl methyl sites for hydroxylation is 1. The predicted molar refractivity (Wildman–Crippen MR) is 85.7 cm³/mol. The first-order chi connectivity index (χ1) is 10.2. The van der Waals surface area contributed by atoms with Crippen molar-refractivity contribution < 1.29 is 4.79 Å². The Morgan fingerprint density at radius 3 is 2.86 bits per heavy atom. The van der Waals surface area contributed by atoms with Gasteiger partial charge < -0.3 is 10.6 Å². The van der Waals surface area contributed by atoms with Crippen LogP contribution in [-0.4, -0.2) is 22.4 Å². The van der Waals surface area contributed by atoms with Crippen LogP contribution in [-0.2, 0) is 13.0 Å². The number of pyridine rings is 1. The molecule has 1 amide bonds. The van der Waals surface area contributed by atoms with Crippen LogP contribution in [0, 0.1) is 0 Å². The van der Waals surface area contributed by atoms with E-state index < -0.39 is 0 Å². The van der Waals surface area contributed by atoms with Crippen LogP contribution in [0.5, 0.6) is 0 Å². The van der Waals surface area contributed by atoms with Crippen molar-refractivity contribution >= 4 is 23.1 Å². The molecular formula is C15H20N4OS. The second kappa shape index (κ2) is 7.73. The molecule has 0 radical (unpaired) electrons. The van der Waals surface area contributed by atoms with E-state index in [1.54, 1.807) is 12.3 Å². The maximum Gasteiger partial charge on any atom is 0.251 e. The highest BCUT2D eigenvalue weighted by Gasteiger charge is 2.10. The third kappa shape index (κ3) is 4.53. The zero-order valence-corrected chi connectivity index (χ0v) is 13.2. The van der Waals surface area contributed by atoms with Crippen LogP contribution < -0.4 is 10.6 Å². The molecule has 2 aromatic heterocycles. The van der Waals surface area contributed by atoms with Gasteiger partial charge in [0.2, 0.25) is 0 Å². The average Bonchev–Trinajstić information content (AvgIpc) is 3.03. The zero-order valence-electron chi connectivity index (χ0n) is 12.3. The fraction of sp³-hybridized carbons (Fsp3) is 0.400. The molecule has 0 aliphatic carbocycles. The third-order valence-corrected chi connectivity index (χ3v) is 3.72. The molecule has 5 nitrogen and oxygen atoms in total. The first-order valence-corrected chi connectivity index (χ1v) is 8.02. The molecule has 112 valence electrons. The fourth-order valence-electron chi connectivity index (χ4n) is 1.84. The van der Waals surface area contributed by atoms with E-state index in [0.717, 1.165) is 35.9 Å². The van der Waals surface area contributed by atoms with Crippen molar-refractivity contribution in [3.63, 3.8) is 0 Å². The van der Waals surface area contributed by atoms with Gasteiger partial charge in [0.1, 0.15) is 10.8 Å². The lowest BCUT2D eigenvalue weighted by Gasteiger charge is -2.09. The highest BCUT2D eigenvalue weighted by Crippen LogP contribution is 2.12. The smallest absolute Gasteiger partial charge is 0.251 e. The van der Waals surface area contributed by atoms with Crippen molar-refractivity contribution in [1.82, 2.24) is 15.3 Å². The van der Waals surface area contributed by atoms with E-state index >= 15 is 0 Å². The van der Waals surface area contributed by atoms with Crippen LogP contribution in [0.25, 0.3) is 0 Å². The van der Waals surface area contributed by atoms with Gasteiger partial charge in [0, 0.05) is 29.4 Å². The van der Waals surface area contributed by atoms with E-state index in [1.807, 2.05) is 18.4 Å². The summed E-state index contributed by atoms with van der Waals surface area (Å²) in [4.78, 5) is 20.9. The second-order valence-electron chi connectivity index (χ2n) is 4.62. The van der Waals surface area contributed by atoms with Crippen molar-refractivity contribution in [2.24, 2.45) is 0 Å². The van der Waals surface area contributed by atoms with Crippen LogP contribution >= 0.6 is 11.3 Å². The first-order valence-electron chi connectivity index (χ1n) is 7.14. The molecule has 0 atom stereocenters. The second-order valence-corrected chi connectivity index (χ2v) is 5.60. The Labute approximate surface area is 128 Å². The Morgan fingerprint density at radius 2 is 2.19 bits per heavy atom. The maximum absolute atomic E-state index is 12.2. The molecule has 2 N–H and O–H groups in total. The summed E-state index contributed by atoms with van der Waals surface area (Å²) in [5, 5.41) is 8.92. The normalized spacial score (nSPS) is 10.4. The van der Waals surface area contributed by atoms with Gasteiger partial charge >= 0.3 is 0 Å². The summed E-state index contributed by atoms with van der Waals surface area (Å²) < 4.78 is 0. The first kappa shape index (κ1) is 15.4. The lowest BCUT2D eigenvalue weighted by atomic mass is 10.2. The number of nitrogens with zero attached hydrogens (tertiary/aromatic N) is 2. The van der Waals surface area contributed by atoms with Gasteiger partial charge in [0.15, 0.2) is 0 Å². The molecule has 0 unspecified atom stereocenters. The van der Waals surface area contributed by atoms with Crippen LogP contribution in [0.4, 0.5) is 5.82 Å². The van der Waals surface area contributed by atoms with Gasteiger partial charge in [-0.15, -0.1) is 11.3 Å². The minimum atomic E-state index is -0.0955. The van der Waals surface area contributed by atoms with E-state index in [4.69, 9.17) is 0 Å². The monoisotopic (exact) mass is 304 g/mol. The highest BCUT2D eigenvalue weighted by molar-refractivity contribution is 7.09. The molecule has 21 heavy (non-hydrogen) atoms. The van der Waals surface area contributed by atoms with Crippen LogP contribution in [0.1, 0.15) is 41.3 Å². The van der Waals surface area contributed by atoms with Gasteiger partial charge in [0.25, 0.3) is 5.91 Å². The topological polar surface area (TPSA) is 66.9 Å². The van der Waals surface area contributed by atoms with Crippen molar-refractivity contribution in [3.05, 3.63) is 40.0 Å². The van der Waals surface area contributed by atoms with Gasteiger partial charge in [-0.25, -0.2) is 9.97 Å². The maximum atomic E-state index is 12.2. The largest absolute Gasteiger partial charge is 0.370 e. The predicted octanol–water partition coefficient (Wildman–Crippen LogP) is 2.85. The summed E-state index contributed by atoms with van der Waals surface area (Å²) in [6.07, 6.45) is 3.55. The Kier molecular flexibility index (Phi) is 5.68. The summed E-state index contributed by atoms with van der Waals surface area (Å²) >= 11 is 1.53. The fourth-order valence-corrected chi connectivity index (χ4v) is 2.40. The van der Waals surface area contributed by atoms with Gasteiger partial charge in [0.05, 0.1) is 6.54 Å². The molecule has 2 heterocycles. The van der Waals surface area contributed by atoms with Gasteiger partial charge in [-0.3, -0.25) is 4.79 Å². The van der Waals surface area contributed by atoms with Gasteiger partial charge in [-0.1, -0.05) is 13.8 Å². The summed E-state index contributed by atoms with van der Waals surface area (Å²) in [5.74, 6) is 0.664. The summed E-state index contributed by atoms with van der Waals surface area (Å²) in [7, 11) is 0. The summed E-state index contributed by atoms with van der Waals surface area (Å²) in [5.41, 5.74) is 1.55. The quantitative estimate of drug-likeness (QED) is 0.825. The number of nitrogens with one attached hydrogen (secondary N) is 2.